The summed E-state index contributed by atoms with van der Waals surface area (Å²) in [4.78, 5) is 48.3. The molecule has 2 aromatic carbocycles. The van der Waals surface area contributed by atoms with Crippen LogP contribution < -0.4 is 5.32 Å². The number of fused-ring (bicyclic) bond motifs is 1. The summed E-state index contributed by atoms with van der Waals surface area (Å²) in [6.45, 7) is 2.84. The number of amides is 1. The summed E-state index contributed by atoms with van der Waals surface area (Å²) in [5.74, 6) is -2.14. The van der Waals surface area contributed by atoms with Crippen LogP contribution in [0.3, 0.4) is 0 Å². The first-order chi connectivity index (χ1) is 15.8. The van der Waals surface area contributed by atoms with E-state index in [4.69, 9.17) is 14.2 Å². The highest BCUT2D eigenvalue weighted by molar-refractivity contribution is 6.04. The Morgan fingerprint density at radius 3 is 2.33 bits per heavy atom. The van der Waals surface area contributed by atoms with E-state index in [1.807, 2.05) is 0 Å². The van der Waals surface area contributed by atoms with Crippen LogP contribution in [0, 0.1) is 0 Å². The van der Waals surface area contributed by atoms with Gasteiger partial charge in [-0.1, -0.05) is 18.2 Å². The first-order valence-corrected chi connectivity index (χ1v) is 10.2. The van der Waals surface area contributed by atoms with Gasteiger partial charge in [0.1, 0.15) is 6.54 Å². The van der Waals surface area contributed by atoms with E-state index >= 15 is 0 Å². The smallest absolute Gasteiger partial charge is 0.340 e. The van der Waals surface area contributed by atoms with Gasteiger partial charge in [-0.2, -0.15) is 0 Å². The number of ether oxygens (including phenoxy) is 3. The number of esters is 3. The van der Waals surface area contributed by atoms with E-state index in [1.165, 1.54) is 25.4 Å². The van der Waals surface area contributed by atoms with E-state index in [-0.39, 0.29) is 12.6 Å². The molecule has 33 heavy (non-hydrogen) atoms. The second kappa shape index (κ2) is 10.4. The molecule has 0 fully saturated rings. The van der Waals surface area contributed by atoms with Crippen molar-refractivity contribution in [3.63, 3.8) is 0 Å². The third kappa shape index (κ3) is 5.97. The number of carbonyl (C=O) groups excluding carboxylic acids is 4. The van der Waals surface area contributed by atoms with Crippen molar-refractivity contribution >= 4 is 40.4 Å². The van der Waals surface area contributed by atoms with Crippen LogP contribution in [0.1, 0.15) is 34.6 Å². The highest BCUT2D eigenvalue weighted by atomic mass is 16.5. The van der Waals surface area contributed by atoms with E-state index in [0.29, 0.717) is 27.7 Å². The average Bonchev–Trinajstić information content (AvgIpc) is 3.15. The van der Waals surface area contributed by atoms with Gasteiger partial charge in [0, 0.05) is 22.8 Å². The molecule has 9 nitrogen and oxygen atoms in total. The van der Waals surface area contributed by atoms with Crippen LogP contribution in [0.5, 0.6) is 0 Å². The van der Waals surface area contributed by atoms with Crippen molar-refractivity contribution in [2.75, 3.05) is 19.0 Å². The number of para-hydroxylation sites is 1. The Morgan fingerprint density at radius 2 is 1.67 bits per heavy atom. The molecule has 0 unspecified atom stereocenters. The molecule has 3 aromatic rings. The van der Waals surface area contributed by atoms with Crippen molar-refractivity contribution in [2.45, 2.75) is 26.5 Å². The Morgan fingerprint density at radius 1 is 0.970 bits per heavy atom. The lowest BCUT2D eigenvalue weighted by molar-refractivity contribution is -0.147. The lowest BCUT2D eigenvalue weighted by Gasteiger charge is -2.10. The molecule has 0 saturated carbocycles. The molecule has 0 aliphatic rings. The molecular formula is C24H24N2O7. The zero-order valence-corrected chi connectivity index (χ0v) is 18.5. The van der Waals surface area contributed by atoms with Gasteiger partial charge in [-0.25, -0.2) is 9.59 Å². The molecule has 3 rings (SSSR count). The van der Waals surface area contributed by atoms with Crippen molar-refractivity contribution in [3.8, 4) is 0 Å². The van der Waals surface area contributed by atoms with E-state index in [2.05, 4.69) is 5.32 Å². The van der Waals surface area contributed by atoms with Gasteiger partial charge in [-0.05, 0) is 44.2 Å². The van der Waals surface area contributed by atoms with Gasteiger partial charge in [0.2, 0.25) is 0 Å². The van der Waals surface area contributed by atoms with Crippen LogP contribution >= 0.6 is 0 Å². The van der Waals surface area contributed by atoms with Crippen LogP contribution in [0.4, 0.5) is 5.69 Å². The Hall–Kier alpha value is -4.14. The van der Waals surface area contributed by atoms with Crippen LogP contribution in [0.15, 0.2) is 54.7 Å². The number of nitrogens with one attached hydrogen (secondary N) is 1. The molecule has 1 aromatic heterocycles. The molecule has 0 aliphatic heterocycles. The topological polar surface area (TPSA) is 113 Å². The second-order valence-corrected chi connectivity index (χ2v) is 7.42. The third-order valence-electron chi connectivity index (χ3n) is 4.60. The summed E-state index contributed by atoms with van der Waals surface area (Å²) in [5.41, 5.74) is 1.80. The fourth-order valence-corrected chi connectivity index (χ4v) is 3.15. The number of rotatable bonds is 8. The standard InChI is InChI=1S/C24H24N2O7/c1-15(2)33-23(29)16-8-10-17(11-9-16)25-21(27)14-32-22(28)13-26-12-19(24(30)31-3)18-6-4-5-7-20(18)26/h4-12,15H,13-14H2,1-3H3,(H,25,27). The summed E-state index contributed by atoms with van der Waals surface area (Å²) in [6, 6.07) is 13.2. The average molecular weight is 452 g/mol. The van der Waals surface area contributed by atoms with E-state index in [0.717, 1.165) is 0 Å². The van der Waals surface area contributed by atoms with Crippen molar-refractivity contribution < 1.29 is 33.4 Å². The highest BCUT2D eigenvalue weighted by Crippen LogP contribution is 2.22. The molecule has 1 N–H and O–H groups in total. The Bertz CT molecular complexity index is 1180. The Balaban J connectivity index is 1.56. The zero-order valence-electron chi connectivity index (χ0n) is 18.5. The quantitative estimate of drug-likeness (QED) is 0.413. The minimum absolute atomic E-state index is 0.183. The molecule has 0 spiro atoms. The van der Waals surface area contributed by atoms with E-state index in [1.54, 1.807) is 54.8 Å². The number of benzene rings is 2. The molecule has 1 amide bonds. The van der Waals surface area contributed by atoms with Crippen molar-refractivity contribution in [3.05, 3.63) is 65.9 Å². The number of methoxy groups -OCH3 is 1. The molecule has 0 bridgehead atoms. The molecule has 9 heteroatoms. The van der Waals surface area contributed by atoms with Crippen LogP contribution in [0.2, 0.25) is 0 Å². The van der Waals surface area contributed by atoms with Crippen LogP contribution in [0.25, 0.3) is 10.9 Å². The molecular weight excluding hydrogens is 428 g/mol. The lowest BCUT2D eigenvalue weighted by Crippen LogP contribution is -2.23. The SMILES string of the molecule is COC(=O)c1cn(CC(=O)OCC(=O)Nc2ccc(C(=O)OC(C)C)cc2)c2ccccc12. The number of hydrogen-bond donors (Lipinski definition) is 1. The van der Waals surface area contributed by atoms with Crippen LogP contribution in [-0.4, -0.2) is 48.2 Å². The third-order valence-corrected chi connectivity index (χ3v) is 4.60. The maximum Gasteiger partial charge on any atom is 0.340 e. The van der Waals surface area contributed by atoms with Gasteiger partial charge in [-0.3, -0.25) is 9.59 Å². The molecule has 1 heterocycles. The van der Waals surface area contributed by atoms with Gasteiger partial charge in [0.05, 0.1) is 24.3 Å². The van der Waals surface area contributed by atoms with Gasteiger partial charge >= 0.3 is 17.9 Å². The molecule has 172 valence electrons. The molecule has 0 radical (unpaired) electrons. The van der Waals surface area contributed by atoms with Crippen LogP contribution in [-0.2, 0) is 30.3 Å². The van der Waals surface area contributed by atoms with Crippen molar-refractivity contribution in [1.29, 1.82) is 0 Å². The van der Waals surface area contributed by atoms with Crippen molar-refractivity contribution in [2.24, 2.45) is 0 Å². The normalized spacial score (nSPS) is 10.7. The number of aromatic nitrogens is 1. The summed E-state index contributed by atoms with van der Waals surface area (Å²) in [5, 5.41) is 3.24. The van der Waals surface area contributed by atoms with Gasteiger partial charge in [0.25, 0.3) is 5.91 Å². The maximum absolute atomic E-state index is 12.3. The Kier molecular flexibility index (Phi) is 7.45. The second-order valence-electron chi connectivity index (χ2n) is 7.42. The summed E-state index contributed by atoms with van der Waals surface area (Å²) in [6.07, 6.45) is 1.28. The summed E-state index contributed by atoms with van der Waals surface area (Å²) >= 11 is 0. The molecule has 0 saturated heterocycles. The predicted molar refractivity (Wildman–Crippen MR) is 120 cm³/mol. The van der Waals surface area contributed by atoms with E-state index in [9.17, 15) is 19.2 Å². The minimum atomic E-state index is -0.644. The molecule has 0 aliphatic carbocycles. The zero-order chi connectivity index (χ0) is 24.0. The monoisotopic (exact) mass is 452 g/mol. The van der Waals surface area contributed by atoms with E-state index < -0.39 is 30.4 Å². The molecule has 0 atom stereocenters. The van der Waals surface area contributed by atoms with Gasteiger partial charge in [-0.15, -0.1) is 0 Å². The number of carbonyl (C=O) groups is 4. The fourth-order valence-electron chi connectivity index (χ4n) is 3.15. The van der Waals surface area contributed by atoms with Gasteiger partial charge in [0.15, 0.2) is 6.61 Å². The largest absolute Gasteiger partial charge is 0.465 e. The maximum atomic E-state index is 12.3. The number of nitrogens with zero attached hydrogens (tertiary/aromatic N) is 1. The number of hydrogen-bond acceptors (Lipinski definition) is 7. The Labute approximate surface area is 190 Å². The fraction of sp³-hybridized carbons (Fsp3) is 0.250. The first-order valence-electron chi connectivity index (χ1n) is 10.2. The number of anilines is 1. The minimum Gasteiger partial charge on any atom is -0.465 e. The summed E-state index contributed by atoms with van der Waals surface area (Å²) in [7, 11) is 1.28. The van der Waals surface area contributed by atoms with Crippen molar-refractivity contribution in [1.82, 2.24) is 4.57 Å². The van der Waals surface area contributed by atoms with Gasteiger partial charge < -0.3 is 24.1 Å². The summed E-state index contributed by atoms with van der Waals surface area (Å²) < 4.78 is 16.5. The first kappa shape index (κ1) is 23.5. The highest BCUT2D eigenvalue weighted by Gasteiger charge is 2.17. The predicted octanol–water partition coefficient (Wildman–Crippen LogP) is 3.18. The lowest BCUT2D eigenvalue weighted by atomic mass is 10.2.